The maximum absolute atomic E-state index is 5.64. The first-order valence-electron chi connectivity index (χ1n) is 5.89. The van der Waals surface area contributed by atoms with Gasteiger partial charge in [0.2, 0.25) is 0 Å². The smallest absolute Gasteiger partial charge is 0.129 e. The number of hydrogen-bond donors (Lipinski definition) is 2. The lowest BCUT2D eigenvalue weighted by atomic mass is 10.2. The molecule has 2 rings (SSSR count). The molecule has 4 heteroatoms. The monoisotopic (exact) mass is 243 g/mol. The van der Waals surface area contributed by atoms with E-state index in [1.165, 1.54) is 0 Å². The summed E-state index contributed by atoms with van der Waals surface area (Å²) in [7, 11) is 0. The van der Waals surface area contributed by atoms with E-state index in [4.69, 9.17) is 10.5 Å². The van der Waals surface area contributed by atoms with Crippen LogP contribution in [-0.4, -0.2) is 18.1 Å². The van der Waals surface area contributed by atoms with Crippen molar-refractivity contribution in [2.24, 2.45) is 0 Å². The van der Waals surface area contributed by atoms with E-state index in [0.717, 1.165) is 17.1 Å². The lowest BCUT2D eigenvalue weighted by molar-refractivity contribution is 0.332. The molecule has 2 aromatic rings. The molecule has 18 heavy (non-hydrogen) atoms. The van der Waals surface area contributed by atoms with Gasteiger partial charge in [-0.15, -0.1) is 0 Å². The van der Waals surface area contributed by atoms with Gasteiger partial charge in [-0.2, -0.15) is 0 Å². The molecule has 0 aliphatic heterocycles. The Morgan fingerprint density at radius 3 is 2.78 bits per heavy atom. The molecule has 0 radical (unpaired) electrons. The van der Waals surface area contributed by atoms with Crippen LogP contribution < -0.4 is 15.8 Å². The maximum Gasteiger partial charge on any atom is 0.129 e. The first-order valence-corrected chi connectivity index (χ1v) is 5.89. The van der Waals surface area contributed by atoms with Gasteiger partial charge < -0.3 is 15.8 Å². The summed E-state index contributed by atoms with van der Waals surface area (Å²) in [5, 5.41) is 3.22. The van der Waals surface area contributed by atoms with Crippen LogP contribution in [0.5, 0.6) is 5.75 Å². The highest BCUT2D eigenvalue weighted by Crippen LogP contribution is 2.13. The highest BCUT2D eigenvalue weighted by atomic mass is 16.5. The molecule has 3 N–H and O–H groups in total. The fourth-order valence-electron chi connectivity index (χ4n) is 1.64. The number of benzene rings is 1. The minimum atomic E-state index is 0.593. The van der Waals surface area contributed by atoms with Crippen LogP contribution in [0.1, 0.15) is 5.56 Å². The molecule has 0 unspecified atom stereocenters. The van der Waals surface area contributed by atoms with Crippen LogP contribution in [0.15, 0.2) is 42.6 Å². The Hall–Kier alpha value is -2.23. The molecular formula is C14H17N3O. The largest absolute Gasteiger partial charge is 0.492 e. The molecule has 0 fully saturated rings. The van der Waals surface area contributed by atoms with Crippen LogP contribution in [0.2, 0.25) is 0 Å². The van der Waals surface area contributed by atoms with Gasteiger partial charge in [0, 0.05) is 0 Å². The van der Waals surface area contributed by atoms with Gasteiger partial charge in [0.1, 0.15) is 18.2 Å². The predicted octanol–water partition coefficient (Wildman–Crippen LogP) is 2.46. The number of nitrogens with zero attached hydrogens (tertiary/aromatic N) is 1. The van der Waals surface area contributed by atoms with Crippen LogP contribution in [0.4, 0.5) is 11.5 Å². The summed E-state index contributed by atoms with van der Waals surface area (Å²) < 4.78 is 5.58. The fourth-order valence-corrected chi connectivity index (χ4v) is 1.64. The highest BCUT2D eigenvalue weighted by molar-refractivity contribution is 5.50. The summed E-state index contributed by atoms with van der Waals surface area (Å²) in [6.45, 7) is 3.27. The second kappa shape index (κ2) is 5.91. The molecule has 0 saturated heterocycles. The van der Waals surface area contributed by atoms with Gasteiger partial charge >= 0.3 is 0 Å². The molecule has 0 saturated carbocycles. The Bertz CT molecular complexity index is 500. The number of nitrogens with two attached hydrogens (primary N) is 1. The number of pyridine rings is 1. The molecule has 4 nitrogen and oxygen atoms in total. The van der Waals surface area contributed by atoms with Gasteiger partial charge in [0.25, 0.3) is 0 Å². The number of hydrogen-bond acceptors (Lipinski definition) is 4. The SMILES string of the molecule is Cc1cc(N)cnc1NCCOc1ccccc1. The molecule has 0 bridgehead atoms. The molecule has 0 spiro atoms. The van der Waals surface area contributed by atoms with Crippen molar-refractivity contribution in [2.75, 3.05) is 24.2 Å². The summed E-state index contributed by atoms with van der Waals surface area (Å²) in [6.07, 6.45) is 1.65. The third-order valence-corrected chi connectivity index (χ3v) is 2.51. The van der Waals surface area contributed by atoms with Crippen LogP contribution >= 0.6 is 0 Å². The second-order valence-electron chi connectivity index (χ2n) is 4.02. The van der Waals surface area contributed by atoms with Crippen molar-refractivity contribution in [2.45, 2.75) is 6.92 Å². The van der Waals surface area contributed by atoms with E-state index in [1.807, 2.05) is 43.3 Å². The summed E-state index contributed by atoms with van der Waals surface area (Å²) in [5.74, 6) is 1.72. The quantitative estimate of drug-likeness (QED) is 0.792. The molecule has 0 amide bonds. The first-order chi connectivity index (χ1) is 8.75. The van der Waals surface area contributed by atoms with Crippen molar-refractivity contribution in [3.63, 3.8) is 0 Å². The van der Waals surface area contributed by atoms with Gasteiger partial charge in [0.15, 0.2) is 0 Å². The Balaban J connectivity index is 1.79. The molecule has 1 aromatic carbocycles. The fraction of sp³-hybridized carbons (Fsp3) is 0.214. The average molecular weight is 243 g/mol. The maximum atomic E-state index is 5.64. The van der Waals surface area contributed by atoms with Crippen molar-refractivity contribution in [3.05, 3.63) is 48.2 Å². The molecule has 94 valence electrons. The normalized spacial score (nSPS) is 10.1. The van der Waals surface area contributed by atoms with E-state index >= 15 is 0 Å². The van der Waals surface area contributed by atoms with Crippen LogP contribution in [0.25, 0.3) is 0 Å². The number of aromatic nitrogens is 1. The minimum absolute atomic E-state index is 0.593. The van der Waals surface area contributed by atoms with Crippen molar-refractivity contribution >= 4 is 11.5 Å². The van der Waals surface area contributed by atoms with Crippen LogP contribution in [-0.2, 0) is 0 Å². The lowest BCUT2D eigenvalue weighted by Gasteiger charge is -2.10. The van der Waals surface area contributed by atoms with E-state index in [2.05, 4.69) is 10.3 Å². The van der Waals surface area contributed by atoms with Crippen LogP contribution in [0, 0.1) is 6.92 Å². The molecule has 1 aromatic heterocycles. The highest BCUT2D eigenvalue weighted by Gasteiger charge is 1.99. The average Bonchev–Trinajstić information content (AvgIpc) is 2.38. The van der Waals surface area contributed by atoms with Gasteiger partial charge in [-0.3, -0.25) is 0 Å². The van der Waals surface area contributed by atoms with Gasteiger partial charge in [-0.05, 0) is 30.7 Å². The summed E-state index contributed by atoms with van der Waals surface area (Å²) in [4.78, 5) is 4.23. The van der Waals surface area contributed by atoms with E-state index in [0.29, 0.717) is 18.8 Å². The summed E-state index contributed by atoms with van der Waals surface area (Å²) in [5.41, 5.74) is 7.36. The molecule has 1 heterocycles. The Kier molecular flexibility index (Phi) is 4.02. The number of nitrogen functional groups attached to an aromatic ring is 1. The van der Waals surface area contributed by atoms with Crippen molar-refractivity contribution in [1.82, 2.24) is 4.98 Å². The third-order valence-electron chi connectivity index (χ3n) is 2.51. The molecule has 0 atom stereocenters. The zero-order valence-electron chi connectivity index (χ0n) is 10.4. The Labute approximate surface area is 107 Å². The van der Waals surface area contributed by atoms with E-state index in [9.17, 15) is 0 Å². The zero-order chi connectivity index (χ0) is 12.8. The Morgan fingerprint density at radius 2 is 2.06 bits per heavy atom. The third kappa shape index (κ3) is 3.38. The van der Waals surface area contributed by atoms with Crippen LogP contribution in [0.3, 0.4) is 0 Å². The van der Waals surface area contributed by atoms with Crippen molar-refractivity contribution < 1.29 is 4.74 Å². The van der Waals surface area contributed by atoms with Gasteiger partial charge in [-0.25, -0.2) is 4.98 Å². The molecule has 0 aliphatic carbocycles. The van der Waals surface area contributed by atoms with E-state index in [-0.39, 0.29) is 0 Å². The van der Waals surface area contributed by atoms with Gasteiger partial charge in [-0.1, -0.05) is 18.2 Å². The zero-order valence-corrected chi connectivity index (χ0v) is 10.4. The number of anilines is 2. The standard InChI is InChI=1S/C14H17N3O/c1-11-9-12(15)10-17-14(11)16-7-8-18-13-5-3-2-4-6-13/h2-6,9-10H,7-8,15H2,1H3,(H,16,17). The number of para-hydroxylation sites is 1. The first kappa shape index (κ1) is 12.2. The number of rotatable bonds is 5. The predicted molar refractivity (Wildman–Crippen MR) is 73.8 cm³/mol. The minimum Gasteiger partial charge on any atom is -0.492 e. The summed E-state index contributed by atoms with van der Waals surface area (Å²) in [6, 6.07) is 11.6. The van der Waals surface area contributed by atoms with Crippen molar-refractivity contribution in [1.29, 1.82) is 0 Å². The number of ether oxygens (including phenoxy) is 1. The Morgan fingerprint density at radius 1 is 1.28 bits per heavy atom. The molecule has 0 aliphatic rings. The second-order valence-corrected chi connectivity index (χ2v) is 4.02. The molecular weight excluding hydrogens is 226 g/mol. The van der Waals surface area contributed by atoms with Gasteiger partial charge in [0.05, 0.1) is 18.4 Å². The number of nitrogens with one attached hydrogen (secondary N) is 1. The van der Waals surface area contributed by atoms with Crippen molar-refractivity contribution in [3.8, 4) is 5.75 Å². The number of aryl methyl sites for hydroxylation is 1. The lowest BCUT2D eigenvalue weighted by Crippen LogP contribution is -2.13. The topological polar surface area (TPSA) is 60.2 Å². The van der Waals surface area contributed by atoms with E-state index < -0.39 is 0 Å². The van der Waals surface area contributed by atoms with E-state index in [1.54, 1.807) is 6.20 Å². The summed E-state index contributed by atoms with van der Waals surface area (Å²) >= 11 is 0.